The Morgan fingerprint density at radius 1 is 1.21 bits per heavy atom. The van der Waals surface area contributed by atoms with Gasteiger partial charge in [0.05, 0.1) is 12.2 Å². The lowest BCUT2D eigenvalue weighted by molar-refractivity contribution is -0.0123. The van der Waals surface area contributed by atoms with Crippen LogP contribution in [0.4, 0.5) is 0 Å². The third-order valence-corrected chi connectivity index (χ3v) is 3.31. The van der Waals surface area contributed by atoms with E-state index >= 15 is 0 Å². The molecule has 0 atom stereocenters. The molecule has 0 aliphatic carbocycles. The van der Waals surface area contributed by atoms with Gasteiger partial charge in [0.25, 0.3) is 0 Å². The van der Waals surface area contributed by atoms with E-state index in [4.69, 9.17) is 4.74 Å². The zero-order chi connectivity index (χ0) is 10.4. The fraction of sp³-hybridized carbons (Fsp3) is 1.00. The van der Waals surface area contributed by atoms with E-state index in [0.29, 0.717) is 0 Å². The lowest BCUT2D eigenvalue weighted by Crippen LogP contribution is -2.32. The summed E-state index contributed by atoms with van der Waals surface area (Å²) in [6.45, 7) is 10.8. The van der Waals surface area contributed by atoms with Crippen molar-refractivity contribution < 1.29 is 4.74 Å². The van der Waals surface area contributed by atoms with Gasteiger partial charge < -0.3 is 9.64 Å². The lowest BCUT2D eigenvalue weighted by atomic mass is 10.2. The van der Waals surface area contributed by atoms with Crippen molar-refractivity contribution in [3.8, 4) is 0 Å². The topological polar surface area (TPSA) is 12.5 Å². The van der Waals surface area contributed by atoms with Gasteiger partial charge in [-0.15, -0.1) is 0 Å². The second-order valence-electron chi connectivity index (χ2n) is 4.77. The Kier molecular flexibility index (Phi) is 5.28. The average molecular weight is 217 g/mol. The molecule has 1 fully saturated rings. The van der Waals surface area contributed by atoms with Crippen LogP contribution in [-0.4, -0.2) is 48.2 Å². The average Bonchev–Trinajstić information content (AvgIpc) is 2.30. The zero-order valence-corrected chi connectivity index (χ0v) is 10.5. The van der Waals surface area contributed by atoms with Crippen molar-refractivity contribution in [2.45, 2.75) is 32.8 Å². The standard InChI is InChI=1S/C11H23NOS/c1-11(2,3)13-8-6-12-5-4-9-14-10-7-12/h4-10H2,1-3H3. The minimum atomic E-state index is 0.0145. The van der Waals surface area contributed by atoms with Crippen molar-refractivity contribution in [2.75, 3.05) is 37.7 Å². The molecule has 0 radical (unpaired) electrons. The first-order valence-corrected chi connectivity index (χ1v) is 6.67. The Labute approximate surface area is 92.4 Å². The Morgan fingerprint density at radius 3 is 2.71 bits per heavy atom. The minimum absolute atomic E-state index is 0.0145. The van der Waals surface area contributed by atoms with E-state index in [2.05, 4.69) is 37.4 Å². The first kappa shape index (κ1) is 12.3. The maximum atomic E-state index is 5.72. The normalized spacial score (nSPS) is 20.8. The van der Waals surface area contributed by atoms with Crippen LogP contribution in [0.5, 0.6) is 0 Å². The molecule has 1 rings (SSSR count). The lowest BCUT2D eigenvalue weighted by Gasteiger charge is -2.24. The summed E-state index contributed by atoms with van der Waals surface area (Å²) in [6.07, 6.45) is 1.33. The molecule has 0 N–H and O–H groups in total. The molecule has 0 aromatic rings. The van der Waals surface area contributed by atoms with E-state index in [-0.39, 0.29) is 5.60 Å². The second kappa shape index (κ2) is 5.99. The molecule has 0 amide bonds. The Bertz CT molecular complexity index is 148. The summed E-state index contributed by atoms with van der Waals surface area (Å²) in [4.78, 5) is 2.52. The fourth-order valence-corrected chi connectivity index (χ4v) is 2.43. The van der Waals surface area contributed by atoms with Gasteiger partial charge in [-0.1, -0.05) is 0 Å². The molecule has 0 aromatic carbocycles. The molecule has 0 bridgehead atoms. The van der Waals surface area contributed by atoms with Gasteiger partial charge in [-0.25, -0.2) is 0 Å². The maximum Gasteiger partial charge on any atom is 0.0600 e. The van der Waals surface area contributed by atoms with E-state index in [1.165, 1.54) is 31.0 Å². The molecular formula is C11H23NOS. The van der Waals surface area contributed by atoms with Crippen LogP contribution in [0, 0.1) is 0 Å². The number of thioether (sulfide) groups is 1. The van der Waals surface area contributed by atoms with Crippen molar-refractivity contribution in [3.05, 3.63) is 0 Å². The van der Waals surface area contributed by atoms with Crippen LogP contribution in [-0.2, 0) is 4.74 Å². The van der Waals surface area contributed by atoms with Gasteiger partial charge in [-0.2, -0.15) is 11.8 Å². The van der Waals surface area contributed by atoms with Crippen molar-refractivity contribution in [2.24, 2.45) is 0 Å². The maximum absolute atomic E-state index is 5.72. The highest BCUT2D eigenvalue weighted by Gasteiger charge is 2.12. The zero-order valence-electron chi connectivity index (χ0n) is 9.71. The van der Waals surface area contributed by atoms with Gasteiger partial charge in [-0.05, 0) is 39.5 Å². The number of rotatable bonds is 3. The van der Waals surface area contributed by atoms with E-state index in [1.54, 1.807) is 0 Å². The van der Waals surface area contributed by atoms with Gasteiger partial charge in [0.1, 0.15) is 0 Å². The molecule has 1 heterocycles. The highest BCUT2D eigenvalue weighted by molar-refractivity contribution is 7.99. The van der Waals surface area contributed by atoms with Crippen LogP contribution >= 0.6 is 11.8 Å². The first-order chi connectivity index (χ1) is 6.58. The van der Waals surface area contributed by atoms with Gasteiger partial charge in [0, 0.05) is 18.8 Å². The van der Waals surface area contributed by atoms with E-state index in [0.717, 1.165) is 13.2 Å². The number of ether oxygens (including phenoxy) is 1. The van der Waals surface area contributed by atoms with Crippen molar-refractivity contribution >= 4 is 11.8 Å². The van der Waals surface area contributed by atoms with E-state index < -0.39 is 0 Å². The fourth-order valence-electron chi connectivity index (χ4n) is 1.50. The number of hydrogen-bond acceptors (Lipinski definition) is 3. The summed E-state index contributed by atoms with van der Waals surface area (Å²) in [7, 11) is 0. The minimum Gasteiger partial charge on any atom is -0.375 e. The molecule has 3 heteroatoms. The molecule has 0 saturated carbocycles. The summed E-state index contributed by atoms with van der Waals surface area (Å²) in [6, 6.07) is 0. The van der Waals surface area contributed by atoms with Crippen molar-refractivity contribution in [1.82, 2.24) is 4.90 Å². The monoisotopic (exact) mass is 217 g/mol. The number of hydrogen-bond donors (Lipinski definition) is 0. The Morgan fingerprint density at radius 2 is 2.00 bits per heavy atom. The van der Waals surface area contributed by atoms with E-state index in [9.17, 15) is 0 Å². The second-order valence-corrected chi connectivity index (χ2v) is 5.99. The van der Waals surface area contributed by atoms with Gasteiger partial charge in [0.15, 0.2) is 0 Å². The van der Waals surface area contributed by atoms with Crippen LogP contribution < -0.4 is 0 Å². The van der Waals surface area contributed by atoms with Crippen LogP contribution in [0.1, 0.15) is 27.2 Å². The molecule has 84 valence electrons. The van der Waals surface area contributed by atoms with Gasteiger partial charge >= 0.3 is 0 Å². The SMILES string of the molecule is CC(C)(C)OCCN1CCCSCC1. The van der Waals surface area contributed by atoms with Gasteiger partial charge in [0.2, 0.25) is 0 Å². The predicted octanol–water partition coefficient (Wildman–Crippen LogP) is 2.24. The molecule has 1 aliphatic heterocycles. The van der Waals surface area contributed by atoms with Crippen LogP contribution in [0.25, 0.3) is 0 Å². The van der Waals surface area contributed by atoms with Crippen LogP contribution in [0.2, 0.25) is 0 Å². The molecule has 1 saturated heterocycles. The Balaban J connectivity index is 2.10. The summed E-state index contributed by atoms with van der Waals surface area (Å²) in [5.41, 5.74) is 0.0145. The molecule has 0 aromatic heterocycles. The molecule has 1 aliphatic rings. The van der Waals surface area contributed by atoms with E-state index in [1.807, 2.05) is 0 Å². The largest absolute Gasteiger partial charge is 0.375 e. The van der Waals surface area contributed by atoms with Gasteiger partial charge in [-0.3, -0.25) is 0 Å². The number of nitrogens with zero attached hydrogens (tertiary/aromatic N) is 1. The molecule has 0 unspecified atom stereocenters. The molecule has 0 spiro atoms. The predicted molar refractivity (Wildman–Crippen MR) is 64.1 cm³/mol. The van der Waals surface area contributed by atoms with Crippen LogP contribution in [0.15, 0.2) is 0 Å². The van der Waals surface area contributed by atoms with Crippen molar-refractivity contribution in [3.63, 3.8) is 0 Å². The molecule has 14 heavy (non-hydrogen) atoms. The molecular weight excluding hydrogens is 194 g/mol. The summed E-state index contributed by atoms with van der Waals surface area (Å²) in [5.74, 6) is 2.62. The smallest absolute Gasteiger partial charge is 0.0600 e. The quantitative estimate of drug-likeness (QED) is 0.719. The summed E-state index contributed by atoms with van der Waals surface area (Å²) in [5, 5.41) is 0. The molecule has 2 nitrogen and oxygen atoms in total. The summed E-state index contributed by atoms with van der Waals surface area (Å²) < 4.78 is 5.72. The van der Waals surface area contributed by atoms with Crippen molar-refractivity contribution in [1.29, 1.82) is 0 Å². The first-order valence-electron chi connectivity index (χ1n) is 5.52. The van der Waals surface area contributed by atoms with Crippen LogP contribution in [0.3, 0.4) is 0 Å². The highest BCUT2D eigenvalue weighted by atomic mass is 32.2. The highest BCUT2D eigenvalue weighted by Crippen LogP contribution is 2.10. The third-order valence-electron chi connectivity index (χ3n) is 2.26. The summed E-state index contributed by atoms with van der Waals surface area (Å²) >= 11 is 2.08. The Hall–Kier alpha value is 0.270. The third kappa shape index (κ3) is 5.89.